The minimum Gasteiger partial charge on any atom is -0.390 e. The second kappa shape index (κ2) is 10.4. The molecule has 0 radical (unpaired) electrons. The molecular weight excluding hydrogens is 544 g/mol. The predicted molar refractivity (Wildman–Crippen MR) is 173 cm³/mol. The molecule has 8 aliphatic rings. The number of rotatable bonds is 0. The van der Waals surface area contributed by atoms with E-state index in [1.165, 1.54) is 36.8 Å². The van der Waals surface area contributed by atoms with Gasteiger partial charge < -0.3 is 10.2 Å². The molecule has 44 heavy (non-hydrogen) atoms. The van der Waals surface area contributed by atoms with E-state index in [0.717, 1.165) is 88.9 Å². The molecule has 8 aliphatic carbocycles. The lowest BCUT2D eigenvalue weighted by molar-refractivity contribution is -0.124. The third-order valence-corrected chi connectivity index (χ3v) is 16.2. The summed E-state index contributed by atoms with van der Waals surface area (Å²) < 4.78 is 0. The quantitative estimate of drug-likeness (QED) is 0.279. The van der Waals surface area contributed by atoms with Crippen molar-refractivity contribution in [1.29, 1.82) is 0 Å². The zero-order valence-corrected chi connectivity index (χ0v) is 27.8. The molecule has 0 saturated heterocycles. The van der Waals surface area contributed by atoms with Gasteiger partial charge in [0.1, 0.15) is 5.60 Å². The summed E-state index contributed by atoms with van der Waals surface area (Å²) >= 11 is 0. The van der Waals surface area contributed by atoms with Gasteiger partial charge in [-0.05, 0) is 161 Å². The molecule has 6 saturated carbocycles. The molecule has 4 heteroatoms. The lowest BCUT2D eigenvalue weighted by atomic mass is 9.46. The highest BCUT2D eigenvalue weighted by Gasteiger charge is 2.63. The number of terminal acetylenes is 1. The third kappa shape index (κ3) is 4.30. The van der Waals surface area contributed by atoms with Crippen LogP contribution >= 0.6 is 0 Å². The summed E-state index contributed by atoms with van der Waals surface area (Å²) in [5, 5.41) is 21.8. The van der Waals surface area contributed by atoms with Crippen LogP contribution in [0.25, 0.3) is 0 Å². The van der Waals surface area contributed by atoms with E-state index in [-0.39, 0.29) is 16.2 Å². The summed E-state index contributed by atoms with van der Waals surface area (Å²) in [7, 11) is 0. The number of ketones is 2. The maximum absolute atomic E-state index is 11.8. The van der Waals surface area contributed by atoms with E-state index >= 15 is 0 Å². The Kier molecular flexibility index (Phi) is 7.31. The molecule has 0 amide bonds. The lowest BCUT2D eigenvalue weighted by Gasteiger charge is -2.58. The molecule has 8 rings (SSSR count). The Morgan fingerprint density at radius 3 is 2.09 bits per heavy atom. The third-order valence-electron chi connectivity index (χ3n) is 16.2. The molecule has 12 atom stereocenters. The second-order valence-electron chi connectivity index (χ2n) is 17.5. The van der Waals surface area contributed by atoms with Gasteiger partial charge in [0.15, 0.2) is 11.6 Å². The molecule has 4 nitrogen and oxygen atoms in total. The first-order chi connectivity index (χ1) is 20.8. The van der Waals surface area contributed by atoms with Crippen LogP contribution < -0.4 is 0 Å². The number of fused-ring (bicyclic) bond motifs is 10. The molecule has 0 unspecified atom stereocenters. The number of hydrogen-bond acceptors (Lipinski definition) is 4. The number of carbonyl (C=O) groups is 2. The Balaban J connectivity index is 0.000000142. The fraction of sp³-hybridized carbons (Fsp3) is 0.800. The standard InChI is InChI=1S/C20H30O2.C20H26O2/c1-18-9-6-14(21)12-13(18)4-5-15-16(18)7-10-19(2)17(15)8-11-20(19,3)22;1-3-20(22)11-9-18-17-6-4-13-12-14(21)5-7-15(13)16(17)8-10-19(18,20)2/h12,15-17,22H,4-11H2,1-3H3;1,12,15-18,22H,4-11H2,2H3/t15-,16+,17+,18+,19+,20+;15-,16+,17+,18-,19-,20-/m10/s1. The van der Waals surface area contributed by atoms with Crippen LogP contribution in [0.3, 0.4) is 0 Å². The monoisotopic (exact) mass is 600 g/mol. The number of carbonyl (C=O) groups excluding carboxylic acids is 2. The molecule has 0 spiro atoms. The van der Waals surface area contributed by atoms with Crippen LogP contribution in [-0.2, 0) is 9.59 Å². The average Bonchev–Trinajstić information content (AvgIpc) is 3.41. The Morgan fingerprint density at radius 1 is 0.659 bits per heavy atom. The van der Waals surface area contributed by atoms with Crippen LogP contribution in [0, 0.1) is 70.0 Å². The smallest absolute Gasteiger partial charge is 0.155 e. The molecule has 0 heterocycles. The van der Waals surface area contributed by atoms with Crippen molar-refractivity contribution in [1.82, 2.24) is 0 Å². The first-order valence-corrected chi connectivity index (χ1v) is 18.2. The highest BCUT2D eigenvalue weighted by atomic mass is 16.3. The van der Waals surface area contributed by atoms with E-state index < -0.39 is 11.2 Å². The second-order valence-corrected chi connectivity index (χ2v) is 17.5. The van der Waals surface area contributed by atoms with E-state index in [9.17, 15) is 19.8 Å². The Hall–Kier alpha value is -1.70. The van der Waals surface area contributed by atoms with Crippen LogP contribution in [0.15, 0.2) is 23.3 Å². The first-order valence-electron chi connectivity index (χ1n) is 18.2. The zero-order chi connectivity index (χ0) is 31.3. The number of aliphatic hydroxyl groups is 2. The van der Waals surface area contributed by atoms with Crippen LogP contribution in [0.5, 0.6) is 0 Å². The number of hydrogen-bond donors (Lipinski definition) is 2. The lowest BCUT2D eigenvalue weighted by Crippen LogP contribution is -2.53. The molecule has 2 N–H and O–H groups in total. The highest BCUT2D eigenvalue weighted by molar-refractivity contribution is 5.92. The van der Waals surface area contributed by atoms with E-state index in [0.29, 0.717) is 41.2 Å². The normalized spacial score (nSPS) is 52.3. The molecule has 0 bridgehead atoms. The maximum atomic E-state index is 11.8. The molecule has 0 aromatic heterocycles. The summed E-state index contributed by atoms with van der Waals surface area (Å²) in [6, 6.07) is 0. The Morgan fingerprint density at radius 2 is 1.32 bits per heavy atom. The van der Waals surface area contributed by atoms with Crippen LogP contribution in [-0.4, -0.2) is 33.0 Å². The molecule has 0 aliphatic heterocycles. The fourth-order valence-electron chi connectivity index (χ4n) is 13.2. The van der Waals surface area contributed by atoms with Gasteiger partial charge in [0.2, 0.25) is 0 Å². The van der Waals surface area contributed by atoms with E-state index in [1.807, 2.05) is 12.2 Å². The predicted octanol–water partition coefficient (Wildman–Crippen LogP) is 7.76. The van der Waals surface area contributed by atoms with Crippen molar-refractivity contribution in [2.75, 3.05) is 0 Å². The Labute approximate surface area is 265 Å². The van der Waals surface area contributed by atoms with Gasteiger partial charge in [-0.15, -0.1) is 6.42 Å². The van der Waals surface area contributed by atoms with Gasteiger partial charge in [-0.2, -0.15) is 0 Å². The van der Waals surface area contributed by atoms with Gasteiger partial charge in [0.25, 0.3) is 0 Å². The highest BCUT2D eigenvalue weighted by Crippen LogP contribution is 2.68. The SMILES string of the molecule is C#C[C@]1(O)CC[C@H]2[C@@H]3CCC4=CC(=O)CC[C@@H]4[C@H]3CC[C@@]21C.C[C@]12CCC(=O)C=C1CC[C@@H]1[C@@H]2CC[C@@]2(C)[C@H]1CC[C@]2(C)O. The van der Waals surface area contributed by atoms with Crippen LogP contribution in [0.2, 0.25) is 0 Å². The molecule has 240 valence electrons. The van der Waals surface area contributed by atoms with Crippen LogP contribution in [0.1, 0.15) is 130 Å². The van der Waals surface area contributed by atoms with Crippen molar-refractivity contribution in [3.05, 3.63) is 23.3 Å². The minimum atomic E-state index is -0.902. The van der Waals surface area contributed by atoms with Gasteiger partial charge in [-0.1, -0.05) is 37.8 Å². The van der Waals surface area contributed by atoms with Crippen LogP contribution in [0.4, 0.5) is 0 Å². The Bertz CT molecular complexity index is 1330. The van der Waals surface area contributed by atoms with Crippen molar-refractivity contribution in [2.45, 2.75) is 142 Å². The molecule has 0 aromatic rings. The molecule has 6 fully saturated rings. The van der Waals surface area contributed by atoms with Gasteiger partial charge >= 0.3 is 0 Å². The summed E-state index contributed by atoms with van der Waals surface area (Å²) in [5.41, 5.74) is 1.74. The zero-order valence-electron chi connectivity index (χ0n) is 27.8. The molecular formula is C40H56O4. The fourth-order valence-corrected chi connectivity index (χ4v) is 13.2. The summed E-state index contributed by atoms with van der Waals surface area (Å²) in [6.07, 6.45) is 26.4. The summed E-state index contributed by atoms with van der Waals surface area (Å²) in [6.45, 7) is 9.08. The average molecular weight is 601 g/mol. The van der Waals surface area contributed by atoms with Gasteiger partial charge in [-0.3, -0.25) is 9.59 Å². The van der Waals surface area contributed by atoms with E-state index in [4.69, 9.17) is 6.42 Å². The molecule has 0 aromatic carbocycles. The topological polar surface area (TPSA) is 74.6 Å². The van der Waals surface area contributed by atoms with Gasteiger partial charge in [0.05, 0.1) is 5.60 Å². The largest absolute Gasteiger partial charge is 0.390 e. The number of allylic oxidation sites excluding steroid dienone is 2. The summed E-state index contributed by atoms with van der Waals surface area (Å²) in [4.78, 5) is 23.5. The van der Waals surface area contributed by atoms with E-state index in [2.05, 4.69) is 33.6 Å². The van der Waals surface area contributed by atoms with Crippen molar-refractivity contribution < 1.29 is 19.8 Å². The van der Waals surface area contributed by atoms with Crippen molar-refractivity contribution >= 4 is 11.6 Å². The maximum Gasteiger partial charge on any atom is 0.155 e. The van der Waals surface area contributed by atoms with Crippen molar-refractivity contribution in [3.8, 4) is 12.3 Å². The van der Waals surface area contributed by atoms with Crippen molar-refractivity contribution in [3.63, 3.8) is 0 Å². The van der Waals surface area contributed by atoms with Gasteiger partial charge in [-0.25, -0.2) is 0 Å². The van der Waals surface area contributed by atoms with E-state index in [1.54, 1.807) is 0 Å². The first kappa shape index (κ1) is 30.9. The van der Waals surface area contributed by atoms with Gasteiger partial charge in [0, 0.05) is 18.3 Å². The van der Waals surface area contributed by atoms with Crippen molar-refractivity contribution in [2.24, 2.45) is 57.7 Å². The summed E-state index contributed by atoms with van der Waals surface area (Å²) in [5.74, 6) is 8.16. The minimum absolute atomic E-state index is 0.103.